The van der Waals surface area contributed by atoms with Gasteiger partial charge in [-0.25, -0.2) is 14.2 Å². The number of aliphatic carboxylic acids is 1. The molecular weight excluding hydrogens is 413 g/mol. The Morgan fingerprint density at radius 2 is 2.07 bits per heavy atom. The molecule has 0 radical (unpaired) electrons. The van der Waals surface area contributed by atoms with Gasteiger partial charge in [-0.15, -0.1) is 0 Å². The van der Waals surface area contributed by atoms with Crippen LogP contribution in [0.4, 0.5) is 4.39 Å². The van der Waals surface area contributed by atoms with Crippen LogP contribution in [0.2, 0.25) is 5.02 Å². The van der Waals surface area contributed by atoms with Crippen LogP contribution in [-0.2, 0) is 9.53 Å². The number of benzene rings is 1. The lowest BCUT2D eigenvalue weighted by molar-refractivity contribution is -0.153. The van der Waals surface area contributed by atoms with E-state index in [0.29, 0.717) is 28.9 Å². The topological polar surface area (TPSA) is 93.8 Å². The number of rotatable bonds is 3. The molecule has 7 nitrogen and oxygen atoms in total. The lowest BCUT2D eigenvalue weighted by atomic mass is 9.91. The van der Waals surface area contributed by atoms with Crippen LogP contribution >= 0.6 is 11.6 Å². The zero-order chi connectivity index (χ0) is 21.6. The maximum atomic E-state index is 14.8. The maximum absolute atomic E-state index is 14.8. The van der Waals surface area contributed by atoms with Gasteiger partial charge in [-0.05, 0) is 51.0 Å². The number of carbonyl (C=O) groups is 1. The SMILES string of the molecule is Cc1nc2c(-c3ccc(Cl)cc3F)cc(C3CCOC(C(=O)O)C3)nn2c(=O)c1C. The molecule has 2 aromatic heterocycles. The van der Waals surface area contributed by atoms with E-state index in [9.17, 15) is 19.1 Å². The molecule has 3 aromatic rings. The number of aromatic nitrogens is 3. The van der Waals surface area contributed by atoms with Crippen molar-refractivity contribution in [3.63, 3.8) is 0 Å². The Bertz CT molecular complexity index is 1230. The van der Waals surface area contributed by atoms with Gasteiger partial charge in [-0.1, -0.05) is 11.6 Å². The number of hydrogen-bond donors (Lipinski definition) is 1. The quantitative estimate of drug-likeness (QED) is 0.682. The number of halogens is 2. The Labute approximate surface area is 176 Å². The number of carboxylic acid groups (broad SMARTS) is 1. The summed E-state index contributed by atoms with van der Waals surface area (Å²) in [7, 11) is 0. The third kappa shape index (κ3) is 3.57. The largest absolute Gasteiger partial charge is 0.479 e. The molecule has 2 unspecified atom stereocenters. The molecule has 1 saturated heterocycles. The lowest BCUT2D eigenvalue weighted by Crippen LogP contribution is -2.32. The van der Waals surface area contributed by atoms with Crippen molar-refractivity contribution in [2.24, 2.45) is 0 Å². The average molecular weight is 432 g/mol. The number of nitrogens with zero attached hydrogens (tertiary/aromatic N) is 3. The standard InChI is InChI=1S/C21H19ClFN3O4/c1-10-11(2)24-19-15(14-4-3-13(22)8-16(14)23)9-17(25-26(19)20(10)27)12-5-6-30-18(7-12)21(28)29/h3-4,8-9,12,18H,5-7H2,1-2H3,(H,28,29). The first kappa shape index (κ1) is 20.4. The molecule has 156 valence electrons. The highest BCUT2D eigenvalue weighted by atomic mass is 35.5. The van der Waals surface area contributed by atoms with E-state index in [1.807, 2.05) is 0 Å². The highest BCUT2D eigenvalue weighted by molar-refractivity contribution is 6.30. The summed E-state index contributed by atoms with van der Waals surface area (Å²) in [6.07, 6.45) is -0.201. The molecule has 0 aliphatic carbocycles. The fraction of sp³-hybridized carbons (Fsp3) is 0.333. The van der Waals surface area contributed by atoms with Crippen molar-refractivity contribution >= 4 is 23.2 Å². The predicted octanol–water partition coefficient (Wildman–Crippen LogP) is 3.51. The molecular formula is C21H19ClFN3O4. The summed E-state index contributed by atoms with van der Waals surface area (Å²) in [6, 6.07) is 5.96. The fourth-order valence-electron chi connectivity index (χ4n) is 3.67. The predicted molar refractivity (Wildman–Crippen MR) is 108 cm³/mol. The summed E-state index contributed by atoms with van der Waals surface area (Å²) in [5, 5.41) is 14.0. The van der Waals surface area contributed by atoms with Gasteiger partial charge in [-0.2, -0.15) is 9.61 Å². The van der Waals surface area contributed by atoms with Crippen LogP contribution in [0, 0.1) is 19.7 Å². The normalized spacial score (nSPS) is 19.2. The minimum absolute atomic E-state index is 0.212. The van der Waals surface area contributed by atoms with Gasteiger partial charge in [0.1, 0.15) is 5.82 Å². The molecule has 9 heteroatoms. The summed E-state index contributed by atoms with van der Waals surface area (Å²) >= 11 is 5.90. The van der Waals surface area contributed by atoms with Crippen LogP contribution in [-0.4, -0.2) is 38.4 Å². The van der Waals surface area contributed by atoms with Crippen molar-refractivity contribution in [3.8, 4) is 11.1 Å². The zero-order valence-electron chi connectivity index (χ0n) is 16.4. The molecule has 30 heavy (non-hydrogen) atoms. The molecule has 0 saturated carbocycles. The van der Waals surface area contributed by atoms with Crippen molar-refractivity contribution in [3.05, 3.63) is 62.4 Å². The number of aryl methyl sites for hydroxylation is 1. The minimum Gasteiger partial charge on any atom is -0.479 e. The Morgan fingerprint density at radius 1 is 1.30 bits per heavy atom. The highest BCUT2D eigenvalue weighted by Gasteiger charge is 2.30. The monoisotopic (exact) mass is 431 g/mol. The molecule has 1 aliphatic rings. The summed E-state index contributed by atoms with van der Waals surface area (Å²) < 4.78 is 21.2. The fourth-order valence-corrected chi connectivity index (χ4v) is 3.83. The van der Waals surface area contributed by atoms with Crippen LogP contribution in [0.25, 0.3) is 16.8 Å². The van der Waals surface area contributed by atoms with Crippen LogP contribution < -0.4 is 5.56 Å². The second kappa shape index (κ2) is 7.77. The second-order valence-corrected chi connectivity index (χ2v) is 7.83. The van der Waals surface area contributed by atoms with E-state index in [-0.39, 0.29) is 40.7 Å². The van der Waals surface area contributed by atoms with Crippen LogP contribution in [0.3, 0.4) is 0 Å². The summed E-state index contributed by atoms with van der Waals surface area (Å²) in [4.78, 5) is 28.8. The van der Waals surface area contributed by atoms with Crippen molar-refractivity contribution in [1.82, 2.24) is 14.6 Å². The Hall–Kier alpha value is -2.84. The summed E-state index contributed by atoms with van der Waals surface area (Å²) in [5.41, 5.74) is 1.97. The Kier molecular flexibility index (Phi) is 5.29. The second-order valence-electron chi connectivity index (χ2n) is 7.39. The summed E-state index contributed by atoms with van der Waals surface area (Å²) in [6.45, 7) is 3.62. The van der Waals surface area contributed by atoms with E-state index in [4.69, 9.17) is 16.3 Å². The third-order valence-electron chi connectivity index (χ3n) is 5.48. The van der Waals surface area contributed by atoms with Gasteiger partial charge in [0.15, 0.2) is 11.8 Å². The molecule has 4 rings (SSSR count). The van der Waals surface area contributed by atoms with E-state index in [1.165, 1.54) is 16.6 Å². The van der Waals surface area contributed by atoms with E-state index in [1.54, 1.807) is 26.0 Å². The minimum atomic E-state index is -1.05. The first-order valence-electron chi connectivity index (χ1n) is 9.47. The van der Waals surface area contributed by atoms with Crippen LogP contribution in [0.5, 0.6) is 0 Å². The van der Waals surface area contributed by atoms with Gasteiger partial charge in [0.2, 0.25) is 0 Å². The summed E-state index contributed by atoms with van der Waals surface area (Å²) in [5.74, 6) is -1.86. The molecule has 0 amide bonds. The van der Waals surface area contributed by atoms with E-state index in [0.717, 1.165) is 0 Å². The average Bonchev–Trinajstić information content (AvgIpc) is 2.72. The number of hydrogen-bond acceptors (Lipinski definition) is 5. The molecule has 1 fully saturated rings. The maximum Gasteiger partial charge on any atom is 0.332 e. The van der Waals surface area contributed by atoms with E-state index < -0.39 is 17.9 Å². The molecule has 1 N–H and O–H groups in total. The number of carboxylic acids is 1. The van der Waals surface area contributed by atoms with Gasteiger partial charge in [0.05, 0.1) is 5.69 Å². The van der Waals surface area contributed by atoms with Crippen LogP contribution in [0.15, 0.2) is 29.1 Å². The molecule has 3 heterocycles. The molecule has 1 aliphatic heterocycles. The number of ether oxygens (including phenoxy) is 1. The van der Waals surface area contributed by atoms with Crippen LogP contribution in [0.1, 0.15) is 35.7 Å². The highest BCUT2D eigenvalue weighted by Crippen LogP contribution is 2.34. The molecule has 1 aromatic carbocycles. The van der Waals surface area contributed by atoms with E-state index in [2.05, 4.69) is 10.1 Å². The van der Waals surface area contributed by atoms with Crippen molar-refractivity contribution in [2.45, 2.75) is 38.7 Å². The Balaban J connectivity index is 1.97. The Morgan fingerprint density at radius 3 is 2.77 bits per heavy atom. The van der Waals surface area contributed by atoms with E-state index >= 15 is 0 Å². The lowest BCUT2D eigenvalue weighted by Gasteiger charge is -2.27. The van der Waals surface area contributed by atoms with Crippen molar-refractivity contribution in [2.75, 3.05) is 6.61 Å². The third-order valence-corrected chi connectivity index (χ3v) is 5.71. The molecule has 0 bridgehead atoms. The van der Waals surface area contributed by atoms with Gasteiger partial charge >= 0.3 is 5.97 Å². The number of fused-ring (bicyclic) bond motifs is 1. The smallest absolute Gasteiger partial charge is 0.332 e. The van der Waals surface area contributed by atoms with Crippen molar-refractivity contribution < 1.29 is 19.0 Å². The molecule has 0 spiro atoms. The van der Waals surface area contributed by atoms with Gasteiger partial charge in [0, 0.05) is 39.9 Å². The molecule has 2 atom stereocenters. The first-order chi connectivity index (χ1) is 14.3. The van der Waals surface area contributed by atoms with Gasteiger partial charge < -0.3 is 9.84 Å². The van der Waals surface area contributed by atoms with Gasteiger partial charge in [-0.3, -0.25) is 4.79 Å². The van der Waals surface area contributed by atoms with Gasteiger partial charge in [0.25, 0.3) is 5.56 Å². The zero-order valence-corrected chi connectivity index (χ0v) is 17.1. The van der Waals surface area contributed by atoms with Crippen molar-refractivity contribution in [1.29, 1.82) is 0 Å². The first-order valence-corrected chi connectivity index (χ1v) is 9.85.